The van der Waals surface area contributed by atoms with Gasteiger partial charge in [-0.25, -0.2) is 0 Å². The van der Waals surface area contributed by atoms with Crippen LogP contribution in [0.1, 0.15) is 5.56 Å². The summed E-state index contributed by atoms with van der Waals surface area (Å²) in [6.07, 6.45) is -1.12. The number of halogens is 5. The normalized spacial score (nSPS) is 11.9. The van der Waals surface area contributed by atoms with Crippen LogP contribution in [-0.4, -0.2) is 9.97 Å². The first-order valence-corrected chi connectivity index (χ1v) is 8.69. The van der Waals surface area contributed by atoms with Gasteiger partial charge in [-0.15, -0.1) is 0 Å². The fraction of sp³-hybridized carbons (Fsp3) is 0.0500. The Kier molecular flexibility index (Phi) is 4.36. The number of H-pyrrole nitrogens is 1. The van der Waals surface area contributed by atoms with Gasteiger partial charge in [0, 0.05) is 40.1 Å². The number of aromatic nitrogens is 2. The van der Waals surface area contributed by atoms with Gasteiger partial charge >= 0.3 is 6.18 Å². The molecule has 0 aliphatic heterocycles. The molecule has 0 spiro atoms. The van der Waals surface area contributed by atoms with Crippen molar-refractivity contribution in [1.29, 1.82) is 0 Å². The van der Waals surface area contributed by atoms with Crippen LogP contribution in [-0.2, 0) is 6.18 Å². The summed E-state index contributed by atoms with van der Waals surface area (Å²) in [5.41, 5.74) is 2.76. The molecule has 0 aliphatic rings. The third-order valence-corrected chi connectivity index (χ3v) is 5.12. The highest BCUT2D eigenvalue weighted by atomic mass is 35.5. The molecule has 0 unspecified atom stereocenters. The average Bonchev–Trinajstić information content (AvgIpc) is 3.06. The molecule has 27 heavy (non-hydrogen) atoms. The molecule has 0 amide bonds. The Morgan fingerprint density at radius 3 is 2.48 bits per heavy atom. The van der Waals surface area contributed by atoms with Crippen LogP contribution in [0.3, 0.4) is 0 Å². The summed E-state index contributed by atoms with van der Waals surface area (Å²) in [7, 11) is 0. The summed E-state index contributed by atoms with van der Waals surface area (Å²) in [6, 6.07) is 12.4. The van der Waals surface area contributed by atoms with Gasteiger partial charge in [0.15, 0.2) is 0 Å². The van der Waals surface area contributed by atoms with E-state index in [0.29, 0.717) is 32.2 Å². The van der Waals surface area contributed by atoms with Crippen LogP contribution in [0.15, 0.2) is 60.9 Å². The molecular weight excluding hydrogens is 396 g/mol. The topological polar surface area (TPSA) is 28.7 Å². The lowest BCUT2D eigenvalue weighted by molar-refractivity contribution is -0.137. The average molecular weight is 407 g/mol. The molecule has 0 saturated heterocycles. The summed E-state index contributed by atoms with van der Waals surface area (Å²) < 4.78 is 38.9. The van der Waals surface area contributed by atoms with Gasteiger partial charge in [-0.1, -0.05) is 35.3 Å². The fourth-order valence-corrected chi connectivity index (χ4v) is 3.41. The maximum absolute atomic E-state index is 13.0. The minimum absolute atomic E-state index is 0.405. The molecule has 2 heterocycles. The van der Waals surface area contributed by atoms with E-state index in [1.54, 1.807) is 36.7 Å². The summed E-state index contributed by atoms with van der Waals surface area (Å²) >= 11 is 12.5. The van der Waals surface area contributed by atoms with Crippen LogP contribution >= 0.6 is 23.2 Å². The maximum Gasteiger partial charge on any atom is 0.416 e. The van der Waals surface area contributed by atoms with E-state index in [4.69, 9.17) is 23.2 Å². The van der Waals surface area contributed by atoms with E-state index < -0.39 is 11.7 Å². The van der Waals surface area contributed by atoms with Crippen molar-refractivity contribution in [3.8, 4) is 22.4 Å². The number of nitrogens with zero attached hydrogens (tertiary/aromatic N) is 1. The molecule has 2 aromatic heterocycles. The highest BCUT2D eigenvalue weighted by Gasteiger charge is 2.30. The molecule has 1 N–H and O–H groups in total. The van der Waals surface area contributed by atoms with Crippen molar-refractivity contribution in [2.24, 2.45) is 0 Å². The number of hydrogen-bond acceptors (Lipinski definition) is 1. The Morgan fingerprint density at radius 1 is 0.889 bits per heavy atom. The molecule has 0 bridgehead atoms. The van der Waals surface area contributed by atoms with Gasteiger partial charge in [0.1, 0.15) is 0 Å². The molecule has 2 nitrogen and oxygen atoms in total. The number of aromatic amines is 1. The lowest BCUT2D eigenvalue weighted by Gasteiger charge is -2.10. The molecule has 0 atom stereocenters. The molecule has 0 fully saturated rings. The van der Waals surface area contributed by atoms with Crippen molar-refractivity contribution in [2.75, 3.05) is 0 Å². The van der Waals surface area contributed by atoms with Crippen molar-refractivity contribution < 1.29 is 13.2 Å². The van der Waals surface area contributed by atoms with Crippen LogP contribution in [0, 0.1) is 0 Å². The highest BCUT2D eigenvalue weighted by molar-refractivity contribution is 6.43. The number of benzene rings is 2. The van der Waals surface area contributed by atoms with Crippen molar-refractivity contribution in [1.82, 2.24) is 9.97 Å². The van der Waals surface area contributed by atoms with E-state index in [2.05, 4.69) is 9.97 Å². The minimum Gasteiger partial charge on any atom is -0.354 e. The summed E-state index contributed by atoms with van der Waals surface area (Å²) in [5.74, 6) is 0. The highest BCUT2D eigenvalue weighted by Crippen LogP contribution is 2.39. The maximum atomic E-state index is 13.0. The predicted molar refractivity (Wildman–Crippen MR) is 102 cm³/mol. The van der Waals surface area contributed by atoms with Crippen LogP contribution in [0.4, 0.5) is 13.2 Å². The minimum atomic E-state index is -4.39. The Balaban J connectivity index is 1.89. The van der Waals surface area contributed by atoms with Gasteiger partial charge in [-0.2, -0.15) is 13.2 Å². The van der Waals surface area contributed by atoms with E-state index in [9.17, 15) is 13.2 Å². The van der Waals surface area contributed by atoms with Crippen LogP contribution in [0.25, 0.3) is 33.3 Å². The number of pyridine rings is 1. The van der Waals surface area contributed by atoms with E-state index in [0.717, 1.165) is 23.3 Å². The van der Waals surface area contributed by atoms with Crippen molar-refractivity contribution >= 4 is 34.1 Å². The zero-order valence-electron chi connectivity index (χ0n) is 13.6. The Morgan fingerprint density at radius 2 is 1.70 bits per heavy atom. The lowest BCUT2D eigenvalue weighted by atomic mass is 9.99. The second kappa shape index (κ2) is 6.59. The number of hydrogen-bond donors (Lipinski definition) is 1. The summed E-state index contributed by atoms with van der Waals surface area (Å²) in [6.45, 7) is 0. The largest absolute Gasteiger partial charge is 0.416 e. The Hall–Kier alpha value is -2.50. The van der Waals surface area contributed by atoms with Gasteiger partial charge in [-0.3, -0.25) is 4.98 Å². The fourth-order valence-electron chi connectivity index (χ4n) is 3.01. The van der Waals surface area contributed by atoms with Gasteiger partial charge in [-0.05, 0) is 42.0 Å². The number of rotatable bonds is 2. The van der Waals surface area contributed by atoms with Gasteiger partial charge in [0.05, 0.1) is 15.6 Å². The number of fused-ring (bicyclic) bond motifs is 1. The van der Waals surface area contributed by atoms with Gasteiger partial charge < -0.3 is 4.98 Å². The second-order valence-corrected chi connectivity index (χ2v) is 6.79. The molecule has 0 saturated carbocycles. The first-order chi connectivity index (χ1) is 12.8. The van der Waals surface area contributed by atoms with E-state index in [1.807, 2.05) is 6.07 Å². The first-order valence-electron chi connectivity index (χ1n) is 7.93. The van der Waals surface area contributed by atoms with E-state index in [-0.39, 0.29) is 0 Å². The molecule has 0 aliphatic carbocycles. The standard InChI is InChI=1S/C20H11Cl2F3N2/c21-16-3-1-2-14(19(16)22)13-6-7-26-10-15(13)18-9-11-8-12(20(23,24)25)4-5-17(11)27-18/h1-10,27H. The molecule has 4 aromatic rings. The zero-order valence-corrected chi connectivity index (χ0v) is 15.1. The van der Waals surface area contributed by atoms with Gasteiger partial charge in [0.2, 0.25) is 0 Å². The third-order valence-electron chi connectivity index (χ3n) is 4.30. The van der Waals surface area contributed by atoms with Crippen molar-refractivity contribution in [3.05, 3.63) is 76.5 Å². The zero-order chi connectivity index (χ0) is 19.2. The lowest BCUT2D eigenvalue weighted by Crippen LogP contribution is -2.03. The predicted octanol–water partition coefficient (Wildman–Crippen LogP) is 7.22. The van der Waals surface area contributed by atoms with Crippen molar-refractivity contribution in [2.45, 2.75) is 6.18 Å². The molecule has 4 rings (SSSR count). The van der Waals surface area contributed by atoms with Crippen LogP contribution in [0.2, 0.25) is 10.0 Å². The SMILES string of the molecule is FC(F)(F)c1ccc2[nH]c(-c3cnccc3-c3cccc(Cl)c3Cl)cc2c1. The van der Waals surface area contributed by atoms with Crippen molar-refractivity contribution in [3.63, 3.8) is 0 Å². The third kappa shape index (κ3) is 3.29. The van der Waals surface area contributed by atoms with E-state index in [1.165, 1.54) is 6.07 Å². The molecule has 7 heteroatoms. The monoisotopic (exact) mass is 406 g/mol. The molecule has 0 radical (unpaired) electrons. The number of alkyl halides is 3. The second-order valence-electron chi connectivity index (χ2n) is 6.01. The molecular formula is C20H11Cl2F3N2. The smallest absolute Gasteiger partial charge is 0.354 e. The van der Waals surface area contributed by atoms with Gasteiger partial charge in [0.25, 0.3) is 0 Å². The van der Waals surface area contributed by atoms with Crippen LogP contribution in [0.5, 0.6) is 0 Å². The quantitative estimate of drug-likeness (QED) is 0.373. The number of nitrogens with one attached hydrogen (secondary N) is 1. The molecule has 136 valence electrons. The Bertz CT molecular complexity index is 1150. The van der Waals surface area contributed by atoms with Crippen LogP contribution < -0.4 is 0 Å². The summed E-state index contributed by atoms with van der Waals surface area (Å²) in [4.78, 5) is 7.30. The van der Waals surface area contributed by atoms with E-state index >= 15 is 0 Å². The first kappa shape index (κ1) is 17.9. The Labute approximate surface area is 162 Å². The summed E-state index contributed by atoms with van der Waals surface area (Å²) in [5, 5.41) is 1.29. The molecule has 2 aromatic carbocycles.